The molecule has 0 aromatic rings. The lowest BCUT2D eigenvalue weighted by molar-refractivity contribution is -0.119. The van der Waals surface area contributed by atoms with Crippen LogP contribution in [0.3, 0.4) is 0 Å². The first kappa shape index (κ1) is 16.3. The zero-order valence-corrected chi connectivity index (χ0v) is 14.1. The van der Waals surface area contributed by atoms with E-state index in [4.69, 9.17) is 5.73 Å². The first-order valence-electron chi connectivity index (χ1n) is 9.38. The normalized spacial score (nSPS) is 31.8. The maximum atomic E-state index is 11.1. The van der Waals surface area contributed by atoms with Gasteiger partial charge in [-0.3, -0.25) is 9.69 Å². The fraction of sp³-hybridized carbons (Fsp3) is 0.944. The van der Waals surface area contributed by atoms with Crippen molar-refractivity contribution in [3.05, 3.63) is 0 Å². The molecular formula is C18H33N3O. The molecule has 0 aromatic carbocycles. The smallest absolute Gasteiger partial charge is 0.231 e. The van der Waals surface area contributed by atoms with Crippen molar-refractivity contribution < 1.29 is 4.79 Å². The number of amides is 1. The summed E-state index contributed by atoms with van der Waals surface area (Å²) in [6.45, 7) is 6.40. The van der Waals surface area contributed by atoms with Crippen molar-refractivity contribution in [1.82, 2.24) is 9.80 Å². The molecule has 3 rings (SSSR count). The number of primary amides is 1. The van der Waals surface area contributed by atoms with Crippen LogP contribution in [0, 0.1) is 11.3 Å². The quantitative estimate of drug-likeness (QED) is 0.847. The highest BCUT2D eigenvalue weighted by Crippen LogP contribution is 2.39. The van der Waals surface area contributed by atoms with E-state index >= 15 is 0 Å². The Morgan fingerprint density at radius 3 is 2.55 bits per heavy atom. The molecule has 1 unspecified atom stereocenters. The standard InChI is InChI=1S/C18H33N3O/c19-17(22)13-21-12-9-18(15-21)8-4-10-20(14-18)11-7-16-5-2-1-3-6-16/h16H,1-15H2,(H2,19,22). The lowest BCUT2D eigenvalue weighted by Gasteiger charge is -2.41. The number of piperidine rings is 1. The van der Waals surface area contributed by atoms with E-state index in [9.17, 15) is 4.79 Å². The van der Waals surface area contributed by atoms with Crippen LogP contribution in [0.5, 0.6) is 0 Å². The fourth-order valence-corrected chi connectivity index (χ4v) is 5.06. The van der Waals surface area contributed by atoms with Crippen molar-refractivity contribution in [3.8, 4) is 0 Å². The Labute approximate surface area is 135 Å². The Hall–Kier alpha value is -0.610. The summed E-state index contributed by atoms with van der Waals surface area (Å²) in [5.74, 6) is 0.809. The van der Waals surface area contributed by atoms with Crippen LogP contribution in [0.1, 0.15) is 57.8 Å². The van der Waals surface area contributed by atoms with Crippen LogP contribution < -0.4 is 5.73 Å². The number of nitrogens with zero attached hydrogens (tertiary/aromatic N) is 2. The second-order valence-corrected chi connectivity index (χ2v) is 8.10. The maximum Gasteiger partial charge on any atom is 0.231 e. The predicted octanol–water partition coefficient (Wildman–Crippen LogP) is 2.23. The van der Waals surface area contributed by atoms with Gasteiger partial charge in [-0.05, 0) is 56.7 Å². The highest BCUT2D eigenvalue weighted by molar-refractivity contribution is 5.75. The van der Waals surface area contributed by atoms with Crippen molar-refractivity contribution in [2.24, 2.45) is 17.1 Å². The Kier molecular flexibility index (Phi) is 5.40. The summed E-state index contributed by atoms with van der Waals surface area (Å²) in [7, 11) is 0. The molecule has 2 saturated heterocycles. The monoisotopic (exact) mass is 307 g/mol. The van der Waals surface area contributed by atoms with Crippen molar-refractivity contribution in [1.29, 1.82) is 0 Å². The minimum Gasteiger partial charge on any atom is -0.369 e. The minimum absolute atomic E-state index is 0.179. The number of carbonyl (C=O) groups is 1. The second kappa shape index (κ2) is 7.31. The Balaban J connectivity index is 1.46. The molecule has 0 bridgehead atoms. The molecule has 1 saturated carbocycles. The Bertz CT molecular complexity index is 381. The molecule has 1 spiro atoms. The van der Waals surface area contributed by atoms with Crippen molar-refractivity contribution in [2.75, 3.05) is 39.3 Å². The van der Waals surface area contributed by atoms with Gasteiger partial charge in [0.15, 0.2) is 0 Å². The van der Waals surface area contributed by atoms with Crippen LogP contribution in [0.4, 0.5) is 0 Å². The molecule has 3 aliphatic rings. The summed E-state index contributed by atoms with van der Waals surface area (Å²) in [4.78, 5) is 16.1. The van der Waals surface area contributed by atoms with E-state index in [1.165, 1.54) is 77.4 Å². The summed E-state index contributed by atoms with van der Waals surface area (Å²) in [5, 5.41) is 0. The number of hydrogen-bond donors (Lipinski definition) is 1. The highest BCUT2D eigenvalue weighted by atomic mass is 16.1. The molecule has 4 nitrogen and oxygen atoms in total. The van der Waals surface area contributed by atoms with Crippen molar-refractivity contribution in [2.45, 2.75) is 57.8 Å². The average Bonchev–Trinajstić information content (AvgIpc) is 2.88. The van der Waals surface area contributed by atoms with Gasteiger partial charge in [-0.25, -0.2) is 0 Å². The maximum absolute atomic E-state index is 11.1. The van der Waals surface area contributed by atoms with Crippen LogP contribution in [-0.4, -0.2) is 55.0 Å². The zero-order chi connectivity index (χ0) is 15.4. The first-order chi connectivity index (χ1) is 10.7. The number of hydrogen-bond acceptors (Lipinski definition) is 3. The number of nitrogens with two attached hydrogens (primary N) is 1. The third kappa shape index (κ3) is 4.23. The van der Waals surface area contributed by atoms with E-state index in [0.29, 0.717) is 12.0 Å². The van der Waals surface area contributed by atoms with Gasteiger partial charge in [0.1, 0.15) is 0 Å². The molecule has 2 aliphatic heterocycles. The molecule has 0 radical (unpaired) electrons. The van der Waals surface area contributed by atoms with Gasteiger partial charge in [0.2, 0.25) is 5.91 Å². The van der Waals surface area contributed by atoms with Gasteiger partial charge in [0, 0.05) is 13.1 Å². The van der Waals surface area contributed by atoms with E-state index in [1.54, 1.807) is 0 Å². The largest absolute Gasteiger partial charge is 0.369 e. The van der Waals surface area contributed by atoms with Crippen molar-refractivity contribution >= 4 is 5.91 Å². The van der Waals surface area contributed by atoms with Gasteiger partial charge < -0.3 is 10.6 Å². The first-order valence-corrected chi connectivity index (χ1v) is 9.38. The van der Waals surface area contributed by atoms with Crippen LogP contribution in [-0.2, 0) is 4.79 Å². The zero-order valence-electron chi connectivity index (χ0n) is 14.1. The van der Waals surface area contributed by atoms with Gasteiger partial charge in [0.05, 0.1) is 6.54 Å². The van der Waals surface area contributed by atoms with Gasteiger partial charge in [-0.2, -0.15) is 0 Å². The molecule has 2 N–H and O–H groups in total. The number of likely N-dealkylation sites (tertiary alicyclic amines) is 2. The van der Waals surface area contributed by atoms with Crippen LogP contribution in [0.2, 0.25) is 0 Å². The average molecular weight is 307 g/mol. The molecule has 1 amide bonds. The van der Waals surface area contributed by atoms with E-state index < -0.39 is 0 Å². The Morgan fingerprint density at radius 1 is 1.00 bits per heavy atom. The second-order valence-electron chi connectivity index (χ2n) is 8.10. The summed E-state index contributed by atoms with van der Waals surface area (Å²) in [6.07, 6.45) is 12.6. The van der Waals surface area contributed by atoms with Crippen LogP contribution in [0.25, 0.3) is 0 Å². The summed E-state index contributed by atoms with van der Waals surface area (Å²) >= 11 is 0. The number of rotatable bonds is 5. The van der Waals surface area contributed by atoms with E-state index in [2.05, 4.69) is 9.80 Å². The minimum atomic E-state index is -0.179. The van der Waals surface area contributed by atoms with Gasteiger partial charge in [0.25, 0.3) is 0 Å². The third-order valence-corrected chi connectivity index (χ3v) is 6.22. The Morgan fingerprint density at radius 2 is 1.77 bits per heavy atom. The molecule has 1 atom stereocenters. The van der Waals surface area contributed by atoms with Gasteiger partial charge in [-0.1, -0.05) is 32.1 Å². The lowest BCUT2D eigenvalue weighted by atomic mass is 9.79. The number of carbonyl (C=O) groups excluding carboxylic acids is 1. The summed E-state index contributed by atoms with van der Waals surface area (Å²) < 4.78 is 0. The van der Waals surface area contributed by atoms with Crippen LogP contribution >= 0.6 is 0 Å². The summed E-state index contributed by atoms with van der Waals surface area (Å²) in [5.41, 5.74) is 5.80. The van der Waals surface area contributed by atoms with Gasteiger partial charge >= 0.3 is 0 Å². The molecule has 4 heteroatoms. The molecule has 2 heterocycles. The molecule has 22 heavy (non-hydrogen) atoms. The molecule has 1 aliphatic carbocycles. The SMILES string of the molecule is NC(=O)CN1CCC2(CCCN(CCC3CCCCC3)C2)C1. The molecule has 0 aromatic heterocycles. The predicted molar refractivity (Wildman–Crippen MR) is 89.6 cm³/mol. The van der Waals surface area contributed by atoms with E-state index in [1.807, 2.05) is 0 Å². The highest BCUT2D eigenvalue weighted by Gasteiger charge is 2.41. The molecule has 3 fully saturated rings. The van der Waals surface area contributed by atoms with Crippen LogP contribution in [0.15, 0.2) is 0 Å². The van der Waals surface area contributed by atoms with E-state index in [0.717, 1.165) is 19.0 Å². The fourth-order valence-electron chi connectivity index (χ4n) is 5.06. The summed E-state index contributed by atoms with van der Waals surface area (Å²) in [6, 6.07) is 0. The lowest BCUT2D eigenvalue weighted by Crippen LogP contribution is -2.46. The third-order valence-electron chi connectivity index (χ3n) is 6.22. The molecule has 126 valence electrons. The van der Waals surface area contributed by atoms with Crippen molar-refractivity contribution in [3.63, 3.8) is 0 Å². The van der Waals surface area contributed by atoms with E-state index in [-0.39, 0.29) is 5.91 Å². The van der Waals surface area contributed by atoms with Gasteiger partial charge in [-0.15, -0.1) is 0 Å². The topological polar surface area (TPSA) is 49.6 Å². The molecular weight excluding hydrogens is 274 g/mol.